The zero-order chi connectivity index (χ0) is 18.1. The van der Waals surface area contributed by atoms with Gasteiger partial charge in [-0.15, -0.1) is 10.2 Å². The number of carbonyl (C=O) groups is 1. The number of aryl methyl sites for hydroxylation is 1. The molecule has 1 N–H and O–H groups in total. The van der Waals surface area contributed by atoms with Crippen molar-refractivity contribution in [1.82, 2.24) is 30.5 Å². The number of aldehydes is 1. The fourth-order valence-corrected chi connectivity index (χ4v) is 2.88. The second-order valence-corrected chi connectivity index (χ2v) is 5.86. The van der Waals surface area contributed by atoms with Gasteiger partial charge in [-0.1, -0.05) is 18.2 Å². The number of nitrogens with zero attached hydrogens (tertiary/aromatic N) is 5. The van der Waals surface area contributed by atoms with Gasteiger partial charge < -0.3 is 4.74 Å². The number of nitrogens with one attached hydrogen (secondary N) is 1. The van der Waals surface area contributed by atoms with Crippen molar-refractivity contribution >= 4 is 6.29 Å². The molecule has 0 spiro atoms. The van der Waals surface area contributed by atoms with E-state index in [1.165, 1.54) is 10.9 Å². The van der Waals surface area contributed by atoms with Gasteiger partial charge in [0, 0.05) is 29.4 Å². The predicted molar refractivity (Wildman–Crippen MR) is 89.1 cm³/mol. The highest BCUT2D eigenvalue weighted by molar-refractivity contribution is 5.69. The summed E-state index contributed by atoms with van der Waals surface area (Å²) in [6.07, 6.45) is 2.20. The Balaban J connectivity index is 1.65. The Bertz CT molecular complexity index is 950. The molecule has 1 aliphatic rings. The van der Waals surface area contributed by atoms with Crippen LogP contribution in [0, 0.1) is 5.82 Å². The average Bonchev–Trinajstić information content (AvgIpc) is 3.32. The molecule has 1 fully saturated rings. The molecule has 3 heterocycles. The molecular formula is C17H15FN6O2. The summed E-state index contributed by atoms with van der Waals surface area (Å²) in [6, 6.07) is 8.02. The minimum atomic E-state index is -1.28. The third-order valence-corrected chi connectivity index (χ3v) is 4.20. The summed E-state index contributed by atoms with van der Waals surface area (Å²) in [4.78, 5) is 17.0. The molecule has 0 amide bonds. The smallest absolute Gasteiger partial charge is 0.223 e. The van der Waals surface area contributed by atoms with E-state index in [1.54, 1.807) is 37.5 Å². The van der Waals surface area contributed by atoms with E-state index < -0.39 is 11.5 Å². The standard InChI is InChI=1S/C17H15FN6O2/c1-24-22-16(21-23-24)15-5-2-11(9-19-15)13-4-3-12(8-14(13)18)17(10-25)20-6-7-26-17/h2-5,8-10,20H,6-7H2,1H3. The van der Waals surface area contributed by atoms with Crippen molar-refractivity contribution in [2.24, 2.45) is 7.05 Å². The lowest BCUT2D eigenvalue weighted by Crippen LogP contribution is -2.39. The van der Waals surface area contributed by atoms with Crippen molar-refractivity contribution in [1.29, 1.82) is 0 Å². The lowest BCUT2D eigenvalue weighted by molar-refractivity contribution is -0.128. The van der Waals surface area contributed by atoms with Gasteiger partial charge in [-0.3, -0.25) is 15.1 Å². The monoisotopic (exact) mass is 354 g/mol. The number of tetrazole rings is 1. The van der Waals surface area contributed by atoms with Crippen LogP contribution in [0.1, 0.15) is 5.56 Å². The Kier molecular flexibility index (Phi) is 4.02. The van der Waals surface area contributed by atoms with Crippen LogP contribution in [0.2, 0.25) is 0 Å². The zero-order valence-electron chi connectivity index (χ0n) is 13.9. The maximum Gasteiger partial charge on any atom is 0.223 e. The summed E-state index contributed by atoms with van der Waals surface area (Å²) in [5.41, 5.74) is 0.669. The normalized spacial score (nSPS) is 19.6. The molecule has 4 rings (SSSR count). The Morgan fingerprint density at radius 1 is 1.35 bits per heavy atom. The third-order valence-electron chi connectivity index (χ3n) is 4.20. The highest BCUT2D eigenvalue weighted by Crippen LogP contribution is 2.30. The summed E-state index contributed by atoms with van der Waals surface area (Å²) in [5.74, 6) is -0.0690. The van der Waals surface area contributed by atoms with Crippen molar-refractivity contribution in [3.8, 4) is 22.6 Å². The van der Waals surface area contributed by atoms with Gasteiger partial charge in [0.15, 0.2) is 6.29 Å². The van der Waals surface area contributed by atoms with Crippen LogP contribution in [0.3, 0.4) is 0 Å². The van der Waals surface area contributed by atoms with E-state index in [0.717, 1.165) is 0 Å². The van der Waals surface area contributed by atoms with Crippen LogP contribution in [0.4, 0.5) is 4.39 Å². The molecule has 0 saturated carbocycles. The van der Waals surface area contributed by atoms with Gasteiger partial charge in [-0.05, 0) is 17.3 Å². The predicted octanol–water partition coefficient (Wildman–Crippen LogP) is 1.05. The van der Waals surface area contributed by atoms with Crippen molar-refractivity contribution in [2.45, 2.75) is 5.72 Å². The van der Waals surface area contributed by atoms with Crippen LogP contribution in [0.15, 0.2) is 36.5 Å². The number of aromatic nitrogens is 5. The van der Waals surface area contributed by atoms with Gasteiger partial charge in [0.05, 0.1) is 13.7 Å². The molecule has 1 atom stereocenters. The molecule has 1 unspecified atom stereocenters. The molecule has 2 aromatic heterocycles. The average molecular weight is 354 g/mol. The summed E-state index contributed by atoms with van der Waals surface area (Å²) < 4.78 is 20.1. The minimum Gasteiger partial charge on any atom is -0.348 e. The number of hydrogen-bond donors (Lipinski definition) is 1. The largest absolute Gasteiger partial charge is 0.348 e. The van der Waals surface area contributed by atoms with Crippen molar-refractivity contribution in [2.75, 3.05) is 13.2 Å². The molecular weight excluding hydrogens is 339 g/mol. The third kappa shape index (κ3) is 2.76. The van der Waals surface area contributed by atoms with Crippen LogP contribution in [-0.2, 0) is 22.3 Å². The Morgan fingerprint density at radius 3 is 2.81 bits per heavy atom. The summed E-state index contributed by atoms with van der Waals surface area (Å²) in [6.45, 7) is 0.924. The molecule has 8 nitrogen and oxygen atoms in total. The van der Waals surface area contributed by atoms with E-state index in [2.05, 4.69) is 25.7 Å². The van der Waals surface area contributed by atoms with Crippen molar-refractivity contribution in [3.63, 3.8) is 0 Å². The Morgan fingerprint density at radius 2 is 2.23 bits per heavy atom. The van der Waals surface area contributed by atoms with E-state index in [1.807, 2.05) is 0 Å². The molecule has 132 valence electrons. The molecule has 9 heteroatoms. The first-order chi connectivity index (χ1) is 12.6. The van der Waals surface area contributed by atoms with E-state index in [9.17, 15) is 9.18 Å². The molecule has 26 heavy (non-hydrogen) atoms. The van der Waals surface area contributed by atoms with E-state index in [0.29, 0.717) is 47.6 Å². The maximum atomic E-state index is 14.7. The van der Waals surface area contributed by atoms with E-state index >= 15 is 0 Å². The molecule has 1 aromatic carbocycles. The number of rotatable bonds is 4. The Hall–Kier alpha value is -3.04. The van der Waals surface area contributed by atoms with Gasteiger partial charge in [0.1, 0.15) is 11.5 Å². The quantitative estimate of drug-likeness (QED) is 0.700. The fraction of sp³-hybridized carbons (Fsp3) is 0.235. The molecule has 1 aliphatic heterocycles. The van der Waals surface area contributed by atoms with Crippen LogP contribution >= 0.6 is 0 Å². The van der Waals surface area contributed by atoms with Gasteiger partial charge >= 0.3 is 0 Å². The van der Waals surface area contributed by atoms with Crippen LogP contribution in [0.5, 0.6) is 0 Å². The first-order valence-electron chi connectivity index (χ1n) is 7.97. The topological polar surface area (TPSA) is 94.8 Å². The maximum absolute atomic E-state index is 14.7. The van der Waals surface area contributed by atoms with Crippen LogP contribution in [-0.4, -0.2) is 44.6 Å². The second kappa shape index (κ2) is 6.36. The lowest BCUT2D eigenvalue weighted by Gasteiger charge is -2.22. The first-order valence-corrected chi connectivity index (χ1v) is 7.97. The number of halogens is 1. The molecule has 3 aromatic rings. The van der Waals surface area contributed by atoms with Gasteiger partial charge in [-0.2, -0.15) is 4.80 Å². The lowest BCUT2D eigenvalue weighted by atomic mass is 9.99. The number of benzene rings is 1. The summed E-state index contributed by atoms with van der Waals surface area (Å²) in [7, 11) is 1.66. The van der Waals surface area contributed by atoms with Crippen LogP contribution in [0.25, 0.3) is 22.6 Å². The molecule has 0 aliphatic carbocycles. The summed E-state index contributed by atoms with van der Waals surface area (Å²) in [5, 5.41) is 14.7. The zero-order valence-corrected chi connectivity index (χ0v) is 13.9. The number of carbonyl (C=O) groups excluding carboxylic acids is 1. The number of hydrogen-bond acceptors (Lipinski definition) is 7. The number of pyridine rings is 1. The second-order valence-electron chi connectivity index (χ2n) is 5.86. The number of ether oxygens (including phenoxy) is 1. The van der Waals surface area contributed by atoms with Crippen LogP contribution < -0.4 is 5.32 Å². The molecule has 0 radical (unpaired) electrons. The SMILES string of the molecule is Cn1nnc(-c2ccc(-c3ccc(C4(C=O)NCCO4)cc3F)cn2)n1. The van der Waals surface area contributed by atoms with Gasteiger partial charge in [0.2, 0.25) is 11.5 Å². The van der Waals surface area contributed by atoms with E-state index in [-0.39, 0.29) is 0 Å². The Labute approximate surface area is 148 Å². The van der Waals surface area contributed by atoms with Crippen molar-refractivity contribution in [3.05, 3.63) is 47.9 Å². The summed E-state index contributed by atoms with van der Waals surface area (Å²) >= 11 is 0. The highest BCUT2D eigenvalue weighted by atomic mass is 19.1. The van der Waals surface area contributed by atoms with E-state index in [4.69, 9.17) is 4.74 Å². The molecule has 0 bridgehead atoms. The van der Waals surface area contributed by atoms with Gasteiger partial charge in [-0.25, -0.2) is 4.39 Å². The first kappa shape index (κ1) is 16.4. The van der Waals surface area contributed by atoms with Crippen molar-refractivity contribution < 1.29 is 13.9 Å². The van der Waals surface area contributed by atoms with Gasteiger partial charge in [0.25, 0.3) is 0 Å². The fourth-order valence-electron chi connectivity index (χ4n) is 2.88. The highest BCUT2D eigenvalue weighted by Gasteiger charge is 2.37. The molecule has 1 saturated heterocycles. The minimum absolute atomic E-state index is 0.374.